The van der Waals surface area contributed by atoms with Crippen LogP contribution in [0.3, 0.4) is 0 Å². The van der Waals surface area contributed by atoms with Crippen LogP contribution < -0.4 is 5.32 Å². The Morgan fingerprint density at radius 2 is 1.89 bits per heavy atom. The summed E-state index contributed by atoms with van der Waals surface area (Å²) in [5.41, 5.74) is 5.30. The third-order valence-corrected chi connectivity index (χ3v) is 5.42. The highest BCUT2D eigenvalue weighted by atomic mass is 16.1. The van der Waals surface area contributed by atoms with Gasteiger partial charge in [-0.05, 0) is 40.2 Å². The van der Waals surface area contributed by atoms with E-state index in [9.17, 15) is 4.79 Å². The van der Waals surface area contributed by atoms with Crippen LogP contribution in [0.25, 0.3) is 0 Å². The van der Waals surface area contributed by atoms with Crippen LogP contribution in [0.1, 0.15) is 61.2 Å². The molecule has 0 unspecified atom stereocenters. The van der Waals surface area contributed by atoms with Gasteiger partial charge >= 0.3 is 0 Å². The van der Waals surface area contributed by atoms with Crippen LogP contribution in [0.5, 0.6) is 0 Å². The molecule has 1 aliphatic rings. The Morgan fingerprint density at radius 3 is 2.57 bits per heavy atom. The van der Waals surface area contributed by atoms with Gasteiger partial charge < -0.3 is 5.32 Å². The van der Waals surface area contributed by atoms with Crippen molar-refractivity contribution >= 4 is 11.7 Å². The number of carbonyl (C=O) groups excluding carboxylic acids is 1. The van der Waals surface area contributed by atoms with Crippen molar-refractivity contribution in [3.05, 3.63) is 64.6 Å². The maximum atomic E-state index is 12.5. The van der Waals surface area contributed by atoms with Crippen LogP contribution in [0.15, 0.2) is 36.5 Å². The molecule has 28 heavy (non-hydrogen) atoms. The molecule has 3 aromatic rings. The van der Waals surface area contributed by atoms with Gasteiger partial charge in [-0.2, -0.15) is 10.2 Å². The minimum absolute atomic E-state index is 0.0237. The lowest BCUT2D eigenvalue weighted by atomic mass is 9.86. The van der Waals surface area contributed by atoms with E-state index in [0.717, 1.165) is 34.9 Å². The molecule has 0 fully saturated rings. The van der Waals surface area contributed by atoms with E-state index in [1.807, 2.05) is 40.7 Å². The van der Waals surface area contributed by atoms with Crippen LogP contribution in [-0.2, 0) is 16.9 Å². The van der Waals surface area contributed by atoms with Crippen LogP contribution in [0.4, 0.5) is 5.82 Å². The van der Waals surface area contributed by atoms with Gasteiger partial charge in [-0.25, -0.2) is 4.68 Å². The standard InChI is InChI=1S/C22H27N5O/c1-14-20(15(2)26(25-14)13-16-9-7-6-8-10-16)17-11-19(28)24-21-18(17)12-23-27(21)22(3,4)5/h6-10,12,17H,11,13H2,1-5H3,(H,24,28)/t17-/m1/s1. The third-order valence-electron chi connectivity index (χ3n) is 5.42. The summed E-state index contributed by atoms with van der Waals surface area (Å²) in [4.78, 5) is 12.5. The minimum atomic E-state index is -0.204. The van der Waals surface area contributed by atoms with Gasteiger partial charge in [-0.1, -0.05) is 30.3 Å². The van der Waals surface area contributed by atoms with Crippen LogP contribution in [0.2, 0.25) is 0 Å². The molecule has 6 nitrogen and oxygen atoms in total. The average Bonchev–Trinajstić information content (AvgIpc) is 3.16. The Morgan fingerprint density at radius 1 is 1.18 bits per heavy atom. The van der Waals surface area contributed by atoms with E-state index in [1.165, 1.54) is 5.56 Å². The van der Waals surface area contributed by atoms with Gasteiger partial charge in [0.25, 0.3) is 0 Å². The van der Waals surface area contributed by atoms with Crippen molar-refractivity contribution < 1.29 is 4.79 Å². The van der Waals surface area contributed by atoms with E-state index >= 15 is 0 Å². The molecule has 0 saturated heterocycles. The van der Waals surface area contributed by atoms with Gasteiger partial charge in [0.15, 0.2) is 0 Å². The fourth-order valence-electron chi connectivity index (χ4n) is 4.11. The molecule has 0 aliphatic carbocycles. The van der Waals surface area contributed by atoms with Crippen molar-refractivity contribution in [2.24, 2.45) is 0 Å². The summed E-state index contributed by atoms with van der Waals surface area (Å²) in [7, 11) is 0. The number of aryl methyl sites for hydroxylation is 1. The SMILES string of the molecule is Cc1nn(Cc2ccccc2)c(C)c1[C@@H]1CC(=O)Nc2c1cnn2C(C)(C)C. The van der Waals surface area contributed by atoms with Gasteiger partial charge in [0.05, 0.1) is 24.0 Å². The Hall–Kier alpha value is -2.89. The van der Waals surface area contributed by atoms with E-state index < -0.39 is 0 Å². The van der Waals surface area contributed by atoms with Crippen molar-refractivity contribution in [3.63, 3.8) is 0 Å². The number of fused-ring (bicyclic) bond motifs is 1. The monoisotopic (exact) mass is 377 g/mol. The molecule has 0 saturated carbocycles. The summed E-state index contributed by atoms with van der Waals surface area (Å²) < 4.78 is 3.95. The first kappa shape index (κ1) is 18.5. The van der Waals surface area contributed by atoms with E-state index in [4.69, 9.17) is 5.10 Å². The van der Waals surface area contributed by atoms with Gasteiger partial charge in [-0.3, -0.25) is 9.48 Å². The van der Waals surface area contributed by atoms with Crippen LogP contribution in [-0.4, -0.2) is 25.5 Å². The predicted molar refractivity (Wildman–Crippen MR) is 110 cm³/mol. The lowest BCUT2D eigenvalue weighted by Crippen LogP contribution is -2.30. The fraction of sp³-hybridized carbons (Fsp3) is 0.409. The largest absolute Gasteiger partial charge is 0.311 e. The van der Waals surface area contributed by atoms with E-state index in [0.29, 0.717) is 6.42 Å². The highest BCUT2D eigenvalue weighted by Crippen LogP contribution is 2.41. The molecule has 146 valence electrons. The molecule has 1 amide bonds. The summed E-state index contributed by atoms with van der Waals surface area (Å²) in [5.74, 6) is 0.811. The number of nitrogens with zero attached hydrogens (tertiary/aromatic N) is 4. The highest BCUT2D eigenvalue weighted by Gasteiger charge is 2.35. The molecule has 0 bridgehead atoms. The zero-order chi connectivity index (χ0) is 20.1. The first-order chi connectivity index (χ1) is 13.3. The molecule has 6 heteroatoms. The topological polar surface area (TPSA) is 64.7 Å². The Bertz CT molecular complexity index is 1020. The second kappa shape index (κ2) is 6.62. The minimum Gasteiger partial charge on any atom is -0.311 e. The van der Waals surface area contributed by atoms with Crippen molar-refractivity contribution in [2.45, 2.75) is 59.0 Å². The number of aromatic nitrogens is 4. The Kier molecular flexibility index (Phi) is 4.37. The van der Waals surface area contributed by atoms with Crippen LogP contribution >= 0.6 is 0 Å². The predicted octanol–water partition coefficient (Wildman–Crippen LogP) is 3.97. The Labute approximate surface area is 165 Å². The molecule has 1 aliphatic heterocycles. The number of hydrogen-bond acceptors (Lipinski definition) is 3. The first-order valence-electron chi connectivity index (χ1n) is 9.72. The normalized spacial score (nSPS) is 16.8. The lowest BCUT2D eigenvalue weighted by molar-refractivity contribution is -0.116. The summed E-state index contributed by atoms with van der Waals surface area (Å²) >= 11 is 0. The van der Waals surface area contributed by atoms with Gasteiger partial charge in [0.1, 0.15) is 5.82 Å². The molecule has 1 N–H and O–H groups in total. The fourth-order valence-corrected chi connectivity index (χ4v) is 4.11. The van der Waals surface area contributed by atoms with Crippen LogP contribution in [0, 0.1) is 13.8 Å². The zero-order valence-electron chi connectivity index (χ0n) is 17.2. The summed E-state index contributed by atoms with van der Waals surface area (Å²) in [6.07, 6.45) is 2.32. The molecule has 0 spiro atoms. The van der Waals surface area contributed by atoms with E-state index in [1.54, 1.807) is 0 Å². The lowest BCUT2D eigenvalue weighted by Gasteiger charge is -2.28. The molecule has 3 heterocycles. The van der Waals surface area contributed by atoms with Crippen molar-refractivity contribution in [2.75, 3.05) is 5.32 Å². The summed E-state index contributed by atoms with van der Waals surface area (Å²) in [5, 5.41) is 12.4. The molecule has 1 aromatic carbocycles. The van der Waals surface area contributed by atoms with Gasteiger partial charge in [-0.15, -0.1) is 0 Å². The van der Waals surface area contributed by atoms with Crippen molar-refractivity contribution in [1.29, 1.82) is 0 Å². The highest BCUT2D eigenvalue weighted by molar-refractivity contribution is 5.94. The number of hydrogen-bond donors (Lipinski definition) is 1. The third kappa shape index (κ3) is 3.13. The number of nitrogens with one attached hydrogen (secondary N) is 1. The van der Waals surface area contributed by atoms with E-state index in [-0.39, 0.29) is 17.4 Å². The van der Waals surface area contributed by atoms with Gasteiger partial charge in [0.2, 0.25) is 5.91 Å². The number of rotatable bonds is 3. The quantitative estimate of drug-likeness (QED) is 0.751. The first-order valence-corrected chi connectivity index (χ1v) is 9.72. The zero-order valence-corrected chi connectivity index (χ0v) is 17.2. The second-order valence-electron chi connectivity index (χ2n) is 8.56. The summed E-state index contributed by atoms with van der Waals surface area (Å²) in [6.45, 7) is 11.1. The molecule has 4 rings (SSSR count). The summed E-state index contributed by atoms with van der Waals surface area (Å²) in [6, 6.07) is 10.3. The molecular formula is C22H27N5O. The smallest absolute Gasteiger partial charge is 0.226 e. The van der Waals surface area contributed by atoms with Gasteiger partial charge in [0, 0.05) is 29.2 Å². The molecule has 1 atom stereocenters. The molecule has 2 aromatic heterocycles. The number of amides is 1. The number of carbonyl (C=O) groups is 1. The van der Waals surface area contributed by atoms with E-state index in [2.05, 4.69) is 50.2 Å². The number of benzene rings is 1. The molecule has 0 radical (unpaired) electrons. The second-order valence-corrected chi connectivity index (χ2v) is 8.56. The van der Waals surface area contributed by atoms with Crippen molar-refractivity contribution in [1.82, 2.24) is 19.6 Å². The average molecular weight is 377 g/mol. The maximum absolute atomic E-state index is 12.5. The number of anilines is 1. The maximum Gasteiger partial charge on any atom is 0.226 e. The molecular weight excluding hydrogens is 350 g/mol. The Balaban J connectivity index is 1.77. The van der Waals surface area contributed by atoms with Crippen molar-refractivity contribution in [3.8, 4) is 0 Å².